The first-order chi connectivity index (χ1) is 18.6. The van der Waals surface area contributed by atoms with Crippen molar-refractivity contribution >= 4 is 41.7 Å². The molecule has 0 saturated carbocycles. The highest BCUT2D eigenvalue weighted by Gasteiger charge is 2.60. The molecule has 2 aliphatic rings. The highest BCUT2D eigenvalue weighted by atomic mass is 35.5. The third-order valence-corrected chi connectivity index (χ3v) is 8.17. The number of rotatable bonds is 6. The first kappa shape index (κ1) is 28.2. The summed E-state index contributed by atoms with van der Waals surface area (Å²) in [7, 11) is 1.36. The minimum atomic E-state index is -1.79. The number of carbonyl (C=O) groups is 1. The Balaban J connectivity index is 1.78. The van der Waals surface area contributed by atoms with Crippen LogP contribution in [0.5, 0.6) is 0 Å². The van der Waals surface area contributed by atoms with Crippen molar-refractivity contribution in [3.05, 3.63) is 69.3 Å². The van der Waals surface area contributed by atoms with E-state index >= 15 is 0 Å². The summed E-state index contributed by atoms with van der Waals surface area (Å²) in [6.07, 6.45) is -1.69. The largest absolute Gasteiger partial charge is 0.394 e. The first-order valence-corrected chi connectivity index (χ1v) is 13.2. The van der Waals surface area contributed by atoms with Crippen molar-refractivity contribution in [3.63, 3.8) is 0 Å². The van der Waals surface area contributed by atoms with Gasteiger partial charge >= 0.3 is 0 Å². The van der Waals surface area contributed by atoms with E-state index in [2.05, 4.69) is 22.9 Å². The zero-order valence-electron chi connectivity index (χ0n) is 20.5. The number of hydrogen-bond acceptors (Lipinski definition) is 8. The van der Waals surface area contributed by atoms with Crippen LogP contribution in [0.15, 0.2) is 36.5 Å². The summed E-state index contributed by atoms with van der Waals surface area (Å²) in [6, 6.07) is 6.59. The van der Waals surface area contributed by atoms with E-state index in [4.69, 9.17) is 32.7 Å². The summed E-state index contributed by atoms with van der Waals surface area (Å²) < 4.78 is 41.3. The molecule has 2 aliphatic heterocycles. The minimum Gasteiger partial charge on any atom is -0.394 e. The molecule has 1 aromatic heterocycles. The molecule has 5 atom stereocenters. The second-order valence-corrected chi connectivity index (χ2v) is 10.6. The molecule has 2 N–H and O–H groups in total. The van der Waals surface area contributed by atoms with E-state index in [1.807, 2.05) is 0 Å². The van der Waals surface area contributed by atoms with Crippen LogP contribution in [-0.2, 0) is 15.0 Å². The predicted molar refractivity (Wildman–Crippen MR) is 141 cm³/mol. The van der Waals surface area contributed by atoms with Crippen LogP contribution in [0, 0.1) is 11.6 Å². The average molecular weight is 601 g/mol. The highest BCUT2D eigenvalue weighted by Crippen LogP contribution is 2.46. The minimum absolute atomic E-state index is 0.0235. The van der Waals surface area contributed by atoms with Crippen molar-refractivity contribution in [2.75, 3.05) is 26.8 Å². The van der Waals surface area contributed by atoms with Gasteiger partial charge in [-0.2, -0.15) is 0 Å². The number of hydrogen-bond donors (Lipinski definition) is 3. The van der Waals surface area contributed by atoms with E-state index < -0.39 is 52.6 Å². The lowest BCUT2D eigenvalue weighted by molar-refractivity contribution is -0.213. The van der Waals surface area contributed by atoms with Gasteiger partial charge in [-0.3, -0.25) is 4.79 Å². The fourth-order valence-electron chi connectivity index (χ4n) is 5.14. The number of ether oxygens (including phenoxy) is 2. The van der Waals surface area contributed by atoms with Crippen molar-refractivity contribution in [1.29, 1.82) is 0 Å². The summed E-state index contributed by atoms with van der Waals surface area (Å²) in [6.45, 7) is 0.507. The van der Waals surface area contributed by atoms with Gasteiger partial charge in [0.1, 0.15) is 51.6 Å². The second kappa shape index (κ2) is 10.9. The lowest BCUT2D eigenvalue weighted by Crippen LogP contribution is -2.68. The molecule has 0 aliphatic carbocycles. The number of halogens is 4. The summed E-state index contributed by atoms with van der Waals surface area (Å²) >= 11 is 16.6. The number of carbonyl (C=O) groups excluding carboxylic acids is 1. The molecule has 2 aromatic carbocycles. The van der Waals surface area contributed by atoms with E-state index in [9.17, 15) is 23.8 Å². The number of benzene rings is 2. The lowest BCUT2D eigenvalue weighted by atomic mass is 9.73. The van der Waals surface area contributed by atoms with Gasteiger partial charge in [-0.05, 0) is 42.3 Å². The smallest absolute Gasteiger partial charge is 0.254 e. The van der Waals surface area contributed by atoms with Gasteiger partial charge in [0.2, 0.25) is 0 Å². The van der Waals surface area contributed by atoms with E-state index in [1.54, 1.807) is 11.0 Å². The molecule has 14 heteroatoms. The third kappa shape index (κ3) is 4.61. The van der Waals surface area contributed by atoms with Crippen LogP contribution in [0.25, 0.3) is 11.3 Å². The van der Waals surface area contributed by atoms with E-state index in [0.29, 0.717) is 13.1 Å². The molecule has 2 fully saturated rings. The molecule has 0 spiro atoms. The molecule has 0 bridgehead atoms. The van der Waals surface area contributed by atoms with Gasteiger partial charge in [0.05, 0.1) is 12.8 Å². The van der Waals surface area contributed by atoms with Crippen molar-refractivity contribution in [2.24, 2.45) is 0 Å². The maximum absolute atomic E-state index is 14.3. The van der Waals surface area contributed by atoms with Crippen molar-refractivity contribution in [1.82, 2.24) is 19.9 Å². The van der Waals surface area contributed by atoms with Gasteiger partial charge in [-0.25, -0.2) is 13.5 Å². The standard InChI is InChI=1S/C25H24Cl2F2N4O5S/c1-37-22-24(39)38-19(11-34)21(35)25(22,15-9-13(26)3-4-14(15)23(36)32-5-2-6-32)33-10-18(30-31-33)12-7-16(28)20(27)17(29)8-12/h3-4,7-10,19,21-22,24,34-35,39H,2,5-6,11H2,1H3/t19-,21+,22+,24-,25?/m1/s1. The normalized spacial score (nSPS) is 26.9. The zero-order valence-corrected chi connectivity index (χ0v) is 22.9. The molecule has 208 valence electrons. The van der Waals surface area contributed by atoms with Gasteiger partial charge in [0.25, 0.3) is 5.91 Å². The number of amides is 1. The van der Waals surface area contributed by atoms with E-state index in [0.717, 1.165) is 18.6 Å². The summed E-state index contributed by atoms with van der Waals surface area (Å²) in [4.78, 5) is 15.2. The molecule has 1 amide bonds. The molecule has 5 rings (SSSR count). The Morgan fingerprint density at radius 3 is 2.54 bits per heavy atom. The van der Waals surface area contributed by atoms with Gasteiger partial charge in [0, 0.05) is 36.3 Å². The molecule has 0 radical (unpaired) electrons. The number of aliphatic hydroxyl groups is 2. The molecule has 2 saturated heterocycles. The fraction of sp³-hybridized carbons (Fsp3) is 0.400. The predicted octanol–water partition coefficient (Wildman–Crippen LogP) is 3.14. The van der Waals surface area contributed by atoms with Gasteiger partial charge in [-0.15, -0.1) is 17.7 Å². The topological polar surface area (TPSA) is 110 Å². The Hall–Kier alpha value is -2.32. The second-order valence-electron chi connectivity index (χ2n) is 9.31. The quantitative estimate of drug-likeness (QED) is 0.294. The highest BCUT2D eigenvalue weighted by molar-refractivity contribution is 7.80. The molecule has 3 heterocycles. The van der Waals surface area contributed by atoms with Crippen LogP contribution in [0.1, 0.15) is 22.3 Å². The van der Waals surface area contributed by atoms with Crippen molar-refractivity contribution in [3.8, 4) is 11.3 Å². The Labute approximate surface area is 237 Å². The van der Waals surface area contributed by atoms with E-state index in [1.165, 1.54) is 30.1 Å². The maximum Gasteiger partial charge on any atom is 0.254 e. The SMILES string of the molecule is CO[C@H]1[C@@H](S)O[C@H](CO)[C@H](O)C1(c1cc(Cl)ccc1C(=O)N1CCC1)n1cc(-c2cc(F)c(Cl)c(F)c2)nn1. The summed E-state index contributed by atoms with van der Waals surface area (Å²) in [5.41, 5.74) is -2.33. The van der Waals surface area contributed by atoms with Gasteiger partial charge in [-0.1, -0.05) is 28.4 Å². The van der Waals surface area contributed by atoms with Gasteiger partial charge in [0.15, 0.2) is 0 Å². The molecular formula is C25H24Cl2F2N4O5S. The molecule has 39 heavy (non-hydrogen) atoms. The monoisotopic (exact) mass is 600 g/mol. The zero-order chi connectivity index (χ0) is 28.1. The van der Waals surface area contributed by atoms with Crippen molar-refractivity contribution < 1.29 is 33.3 Å². The number of methoxy groups -OCH3 is 1. The number of thiol groups is 1. The van der Waals surface area contributed by atoms with Crippen LogP contribution in [-0.4, -0.2) is 86.6 Å². The number of likely N-dealkylation sites (tertiary alicyclic amines) is 1. The summed E-state index contributed by atoms with van der Waals surface area (Å²) in [5.74, 6) is -2.30. The van der Waals surface area contributed by atoms with Crippen LogP contribution >= 0.6 is 35.8 Å². The van der Waals surface area contributed by atoms with Crippen LogP contribution in [0.4, 0.5) is 8.78 Å². The number of nitrogens with zero attached hydrogens (tertiary/aromatic N) is 4. The maximum atomic E-state index is 14.3. The van der Waals surface area contributed by atoms with Crippen LogP contribution in [0.2, 0.25) is 10.0 Å². The van der Waals surface area contributed by atoms with Crippen LogP contribution in [0.3, 0.4) is 0 Å². The number of aromatic nitrogens is 3. The molecule has 1 unspecified atom stereocenters. The molecule has 9 nitrogen and oxygen atoms in total. The Kier molecular flexibility index (Phi) is 7.90. The molecule has 3 aromatic rings. The average Bonchev–Trinajstić information content (AvgIpc) is 3.37. The lowest BCUT2D eigenvalue weighted by Gasteiger charge is -2.51. The third-order valence-electron chi connectivity index (χ3n) is 7.18. The number of aliphatic hydroxyl groups excluding tert-OH is 2. The first-order valence-electron chi connectivity index (χ1n) is 12.0. The van der Waals surface area contributed by atoms with Crippen molar-refractivity contribution in [2.45, 2.75) is 35.7 Å². The van der Waals surface area contributed by atoms with Gasteiger partial charge < -0.3 is 24.6 Å². The van der Waals surface area contributed by atoms with E-state index in [-0.39, 0.29) is 33.3 Å². The fourth-order valence-corrected chi connectivity index (χ4v) is 5.93. The Morgan fingerprint density at radius 1 is 1.26 bits per heavy atom. The molecular weight excluding hydrogens is 577 g/mol. The van der Waals surface area contributed by atoms with Crippen LogP contribution < -0.4 is 0 Å². The Bertz CT molecular complexity index is 1390. The summed E-state index contributed by atoms with van der Waals surface area (Å²) in [5, 5.41) is 29.8. The Morgan fingerprint density at radius 2 is 1.95 bits per heavy atom.